The summed E-state index contributed by atoms with van der Waals surface area (Å²) >= 11 is 0. The van der Waals surface area contributed by atoms with Crippen LogP contribution in [0.5, 0.6) is 0 Å². The van der Waals surface area contributed by atoms with E-state index in [9.17, 15) is 9.59 Å². The molecule has 0 aromatic heterocycles. The Kier molecular flexibility index (Phi) is 4.90. The topological polar surface area (TPSA) is 71.0 Å². The zero-order valence-corrected chi connectivity index (χ0v) is 12.5. The molecule has 6 nitrogen and oxygen atoms in total. The van der Waals surface area contributed by atoms with Crippen LogP contribution >= 0.6 is 0 Å². The summed E-state index contributed by atoms with van der Waals surface area (Å²) in [5.74, 6) is 0.0774. The summed E-state index contributed by atoms with van der Waals surface area (Å²) in [6.07, 6.45) is 7.97. The van der Waals surface area contributed by atoms with Crippen molar-refractivity contribution in [1.82, 2.24) is 10.2 Å². The number of rotatable bonds is 6. The van der Waals surface area contributed by atoms with E-state index in [0.29, 0.717) is 25.6 Å². The number of carbonyl (C=O) groups is 2. The van der Waals surface area contributed by atoms with Gasteiger partial charge in [0.1, 0.15) is 11.4 Å². The van der Waals surface area contributed by atoms with Crippen molar-refractivity contribution in [3.05, 3.63) is 24.4 Å². The Morgan fingerprint density at radius 3 is 3.10 bits per heavy atom. The Morgan fingerprint density at radius 2 is 2.33 bits per heavy atom. The molecular weight excluding hydrogens is 270 g/mol. The van der Waals surface area contributed by atoms with E-state index >= 15 is 0 Å². The molecule has 2 amide bonds. The first kappa shape index (κ1) is 15.4. The Labute approximate surface area is 124 Å². The number of amides is 2. The average Bonchev–Trinajstić information content (AvgIpc) is 2.46. The molecule has 0 aromatic rings. The van der Waals surface area contributed by atoms with Crippen molar-refractivity contribution in [2.24, 2.45) is 4.99 Å². The predicted molar refractivity (Wildman–Crippen MR) is 79.7 cm³/mol. The van der Waals surface area contributed by atoms with Crippen LogP contribution in [0.1, 0.15) is 26.7 Å². The number of fused-ring (bicyclic) bond motifs is 1. The number of nitrogens with zero attached hydrogens (tertiary/aromatic N) is 2. The van der Waals surface area contributed by atoms with Crippen molar-refractivity contribution < 1.29 is 14.3 Å². The molecule has 21 heavy (non-hydrogen) atoms. The molecule has 0 aromatic carbocycles. The van der Waals surface area contributed by atoms with Gasteiger partial charge in [-0.25, -0.2) is 0 Å². The zero-order chi connectivity index (χ0) is 15.3. The Morgan fingerprint density at radius 1 is 1.52 bits per heavy atom. The molecule has 114 valence electrons. The van der Waals surface area contributed by atoms with Gasteiger partial charge in [0.05, 0.1) is 6.42 Å². The maximum atomic E-state index is 12.5. The molecule has 0 aliphatic carbocycles. The zero-order valence-electron chi connectivity index (χ0n) is 12.5. The van der Waals surface area contributed by atoms with Gasteiger partial charge in [0, 0.05) is 26.0 Å². The molecule has 0 radical (unpaired) electrons. The first-order chi connectivity index (χ1) is 10.1. The van der Waals surface area contributed by atoms with Crippen LogP contribution in [0, 0.1) is 0 Å². The highest BCUT2D eigenvalue weighted by atomic mass is 16.5. The smallest absolute Gasteiger partial charge is 0.250 e. The highest BCUT2D eigenvalue weighted by molar-refractivity contribution is 6.09. The van der Waals surface area contributed by atoms with Gasteiger partial charge in [-0.05, 0) is 32.4 Å². The fourth-order valence-electron chi connectivity index (χ4n) is 2.39. The predicted octanol–water partition coefficient (Wildman–Crippen LogP) is 1.00. The summed E-state index contributed by atoms with van der Waals surface area (Å²) in [6.45, 7) is 5.52. The minimum Gasteiger partial charge on any atom is -0.382 e. The van der Waals surface area contributed by atoms with E-state index in [4.69, 9.17) is 4.74 Å². The van der Waals surface area contributed by atoms with Crippen molar-refractivity contribution in [2.45, 2.75) is 32.2 Å². The first-order valence-electron chi connectivity index (χ1n) is 7.19. The van der Waals surface area contributed by atoms with Gasteiger partial charge in [-0.1, -0.05) is 6.08 Å². The fourth-order valence-corrected chi connectivity index (χ4v) is 2.39. The van der Waals surface area contributed by atoms with E-state index in [1.165, 1.54) is 0 Å². The molecule has 0 fully saturated rings. The van der Waals surface area contributed by atoms with Crippen molar-refractivity contribution in [3.8, 4) is 0 Å². The molecule has 0 saturated heterocycles. The van der Waals surface area contributed by atoms with Crippen molar-refractivity contribution in [2.75, 3.05) is 19.8 Å². The number of amidine groups is 1. The summed E-state index contributed by atoms with van der Waals surface area (Å²) in [5, 5.41) is 2.88. The van der Waals surface area contributed by atoms with Crippen LogP contribution in [-0.2, 0) is 14.3 Å². The Balaban J connectivity index is 2.01. The minimum atomic E-state index is -0.930. The second-order valence-electron chi connectivity index (χ2n) is 5.19. The molecule has 2 aliphatic rings. The van der Waals surface area contributed by atoms with Gasteiger partial charge in [-0.3, -0.25) is 9.59 Å². The molecule has 1 N–H and O–H groups in total. The number of hydrogen-bond donors (Lipinski definition) is 1. The number of allylic oxidation sites excluding steroid dienone is 2. The van der Waals surface area contributed by atoms with E-state index in [2.05, 4.69) is 10.3 Å². The highest BCUT2D eigenvalue weighted by Crippen LogP contribution is 2.27. The molecule has 6 heteroatoms. The van der Waals surface area contributed by atoms with Gasteiger partial charge in [-0.2, -0.15) is 4.99 Å². The molecule has 2 aliphatic heterocycles. The van der Waals surface area contributed by atoms with E-state index in [1.54, 1.807) is 30.2 Å². The third kappa shape index (κ3) is 3.39. The molecule has 0 spiro atoms. The van der Waals surface area contributed by atoms with Crippen LogP contribution in [0.15, 0.2) is 29.4 Å². The summed E-state index contributed by atoms with van der Waals surface area (Å²) < 4.78 is 5.23. The quantitative estimate of drug-likeness (QED) is 0.741. The fraction of sp³-hybridized carbons (Fsp3) is 0.533. The van der Waals surface area contributed by atoms with Crippen molar-refractivity contribution >= 4 is 17.6 Å². The van der Waals surface area contributed by atoms with Gasteiger partial charge in [0.15, 0.2) is 0 Å². The van der Waals surface area contributed by atoms with Crippen LogP contribution in [0.3, 0.4) is 0 Å². The first-order valence-corrected chi connectivity index (χ1v) is 7.19. The van der Waals surface area contributed by atoms with E-state index in [1.807, 2.05) is 13.0 Å². The molecule has 0 saturated carbocycles. The summed E-state index contributed by atoms with van der Waals surface area (Å²) in [6, 6.07) is 0. The van der Waals surface area contributed by atoms with Crippen LogP contribution in [0.4, 0.5) is 0 Å². The molecule has 2 heterocycles. The second kappa shape index (κ2) is 6.67. The van der Waals surface area contributed by atoms with E-state index < -0.39 is 5.54 Å². The van der Waals surface area contributed by atoms with Crippen molar-refractivity contribution in [3.63, 3.8) is 0 Å². The second-order valence-corrected chi connectivity index (χ2v) is 5.19. The lowest BCUT2D eigenvalue weighted by Gasteiger charge is -2.41. The number of carbonyl (C=O) groups excluding carboxylic acids is 2. The van der Waals surface area contributed by atoms with Gasteiger partial charge in [-0.15, -0.1) is 0 Å². The number of nitrogens with one attached hydrogen (secondary N) is 1. The number of aliphatic imine (C=N–C) groups is 1. The molecule has 0 bridgehead atoms. The maximum Gasteiger partial charge on any atom is 0.250 e. The minimum absolute atomic E-state index is 0.0754. The Bertz CT molecular complexity index is 510. The van der Waals surface area contributed by atoms with Gasteiger partial charge >= 0.3 is 0 Å². The van der Waals surface area contributed by atoms with Crippen LogP contribution in [0.2, 0.25) is 0 Å². The third-order valence-corrected chi connectivity index (χ3v) is 3.55. The molecular formula is C15H21N3O3. The number of ether oxygens (including phenoxy) is 1. The standard InChI is InChI=1S/C15H21N3O3/c1-3-21-10-6-8-16-14(20)15(2)11-13(19)17-12-7-4-5-9-18(12)15/h4-5,7,9H,3,6,8,10-11H2,1-2H3,(H,16,20). The van der Waals surface area contributed by atoms with Gasteiger partial charge < -0.3 is 15.0 Å². The van der Waals surface area contributed by atoms with E-state index in [-0.39, 0.29) is 18.2 Å². The van der Waals surface area contributed by atoms with Crippen LogP contribution in [-0.4, -0.2) is 47.8 Å². The molecule has 2 rings (SSSR count). The van der Waals surface area contributed by atoms with Gasteiger partial charge in [0.2, 0.25) is 5.91 Å². The third-order valence-electron chi connectivity index (χ3n) is 3.55. The monoisotopic (exact) mass is 291 g/mol. The average molecular weight is 291 g/mol. The summed E-state index contributed by atoms with van der Waals surface area (Å²) in [7, 11) is 0. The van der Waals surface area contributed by atoms with Crippen LogP contribution in [0.25, 0.3) is 0 Å². The highest BCUT2D eigenvalue weighted by Gasteiger charge is 2.44. The number of hydrogen-bond acceptors (Lipinski definition) is 4. The van der Waals surface area contributed by atoms with Crippen molar-refractivity contribution in [1.29, 1.82) is 0 Å². The normalized spacial score (nSPS) is 23.8. The lowest BCUT2D eigenvalue weighted by atomic mass is 9.91. The maximum absolute atomic E-state index is 12.5. The van der Waals surface area contributed by atoms with E-state index in [0.717, 1.165) is 6.42 Å². The van der Waals surface area contributed by atoms with Gasteiger partial charge in [0.25, 0.3) is 5.91 Å². The molecule has 1 unspecified atom stereocenters. The summed E-state index contributed by atoms with van der Waals surface area (Å²) in [4.78, 5) is 30.0. The molecule has 1 atom stereocenters. The lowest BCUT2D eigenvalue weighted by Crippen LogP contribution is -2.60. The van der Waals surface area contributed by atoms with Crippen LogP contribution < -0.4 is 5.32 Å². The Hall–Kier alpha value is -1.95. The lowest BCUT2D eigenvalue weighted by molar-refractivity contribution is -0.134. The summed E-state index contributed by atoms with van der Waals surface area (Å²) in [5.41, 5.74) is -0.930. The largest absolute Gasteiger partial charge is 0.382 e. The SMILES string of the molecule is CCOCCCNC(=O)C1(C)CC(=O)N=C2C=CC=CN21.